The number of nitriles is 1. The second kappa shape index (κ2) is 11.3. The number of nitrogens with zero attached hydrogens (tertiary/aromatic N) is 1. The Labute approximate surface area is 202 Å². The van der Waals surface area contributed by atoms with Crippen molar-refractivity contribution < 1.29 is 18.7 Å². The van der Waals surface area contributed by atoms with Crippen LogP contribution in [0.4, 0.5) is 10.1 Å². The summed E-state index contributed by atoms with van der Waals surface area (Å²) in [4.78, 5) is 25.3. The van der Waals surface area contributed by atoms with Crippen LogP contribution in [0.3, 0.4) is 0 Å². The lowest BCUT2D eigenvalue weighted by Crippen LogP contribution is -2.30. The summed E-state index contributed by atoms with van der Waals surface area (Å²) in [6, 6.07) is 15.5. The Bertz CT molecular complexity index is 1210. The van der Waals surface area contributed by atoms with Gasteiger partial charge >= 0.3 is 5.97 Å². The summed E-state index contributed by atoms with van der Waals surface area (Å²) in [5.41, 5.74) is 2.60. The quantitative estimate of drug-likeness (QED) is 0.414. The van der Waals surface area contributed by atoms with Gasteiger partial charge in [-0.25, -0.2) is 9.18 Å². The number of allylic oxidation sites excluding steroid dienone is 2. The second-order valence-corrected chi connectivity index (χ2v) is 8.55. The van der Waals surface area contributed by atoms with Gasteiger partial charge in [0.15, 0.2) is 0 Å². The van der Waals surface area contributed by atoms with Crippen LogP contribution in [-0.2, 0) is 14.3 Å². The normalized spacial score (nSPS) is 15.3. The number of aryl methyl sites for hydroxylation is 1. The van der Waals surface area contributed by atoms with E-state index in [1.54, 1.807) is 25.1 Å². The van der Waals surface area contributed by atoms with Gasteiger partial charge in [-0.1, -0.05) is 60.3 Å². The molecule has 1 amide bonds. The van der Waals surface area contributed by atoms with Gasteiger partial charge in [-0.05, 0) is 32.0 Å². The highest BCUT2D eigenvalue weighted by atomic mass is 32.2. The van der Waals surface area contributed by atoms with Crippen LogP contribution in [0.5, 0.6) is 0 Å². The molecule has 8 heteroatoms. The number of anilines is 1. The zero-order valence-corrected chi connectivity index (χ0v) is 19.7. The molecule has 1 aliphatic heterocycles. The van der Waals surface area contributed by atoms with E-state index in [2.05, 4.69) is 23.3 Å². The first-order valence-electron chi connectivity index (χ1n) is 10.5. The van der Waals surface area contributed by atoms with Crippen molar-refractivity contribution >= 4 is 29.3 Å². The Hall–Kier alpha value is -3.83. The molecule has 0 spiro atoms. The minimum absolute atomic E-state index is 0.00883. The molecule has 0 aromatic heterocycles. The minimum atomic E-state index is -0.979. The van der Waals surface area contributed by atoms with E-state index in [1.807, 2.05) is 19.1 Å². The predicted molar refractivity (Wildman–Crippen MR) is 131 cm³/mol. The zero-order valence-electron chi connectivity index (χ0n) is 18.9. The van der Waals surface area contributed by atoms with Gasteiger partial charge in [0, 0.05) is 16.9 Å². The van der Waals surface area contributed by atoms with E-state index in [0.717, 1.165) is 17.3 Å². The van der Waals surface area contributed by atoms with E-state index in [-0.39, 0.29) is 35.0 Å². The van der Waals surface area contributed by atoms with Crippen LogP contribution in [0, 0.1) is 24.1 Å². The number of rotatable bonds is 8. The zero-order chi connectivity index (χ0) is 24.7. The number of esters is 1. The molecule has 0 saturated heterocycles. The van der Waals surface area contributed by atoms with Crippen molar-refractivity contribution in [3.63, 3.8) is 0 Å². The van der Waals surface area contributed by atoms with Crippen molar-refractivity contribution in [3.05, 3.63) is 100 Å². The molecule has 0 unspecified atom stereocenters. The van der Waals surface area contributed by atoms with Crippen molar-refractivity contribution in [2.75, 3.05) is 17.7 Å². The lowest BCUT2D eigenvalue weighted by Gasteiger charge is -2.29. The van der Waals surface area contributed by atoms with Crippen molar-refractivity contribution in [1.82, 2.24) is 5.32 Å². The highest BCUT2D eigenvalue weighted by Crippen LogP contribution is 2.41. The molecule has 34 heavy (non-hydrogen) atoms. The van der Waals surface area contributed by atoms with Crippen molar-refractivity contribution in [2.45, 2.75) is 19.8 Å². The molecular weight excluding hydrogens is 453 g/mol. The molecule has 174 valence electrons. The number of hydrogen-bond donors (Lipinski definition) is 2. The number of dihydropyridines is 1. The van der Waals surface area contributed by atoms with E-state index >= 15 is 0 Å². The molecule has 1 atom stereocenters. The Kier molecular flexibility index (Phi) is 8.28. The Morgan fingerprint density at radius 3 is 2.59 bits per heavy atom. The summed E-state index contributed by atoms with van der Waals surface area (Å²) in [6.45, 7) is 7.12. The fourth-order valence-electron chi connectivity index (χ4n) is 3.50. The molecule has 6 nitrogen and oxygen atoms in total. The maximum absolute atomic E-state index is 14.8. The summed E-state index contributed by atoms with van der Waals surface area (Å²) >= 11 is 1.11. The first kappa shape index (κ1) is 24.8. The average Bonchev–Trinajstić information content (AvgIpc) is 2.82. The number of thioether (sulfide) groups is 1. The minimum Gasteiger partial charge on any atom is -0.458 e. The number of halogens is 1. The number of nitrogens with one attached hydrogen (secondary N) is 2. The monoisotopic (exact) mass is 477 g/mol. The third-order valence-electron chi connectivity index (χ3n) is 5.10. The van der Waals surface area contributed by atoms with Crippen LogP contribution in [0.15, 0.2) is 83.1 Å². The first-order chi connectivity index (χ1) is 16.3. The molecule has 1 heterocycles. The molecular formula is C26H24FN3O3S. The second-order valence-electron chi connectivity index (χ2n) is 7.56. The topological polar surface area (TPSA) is 91.2 Å². The molecule has 2 aromatic carbocycles. The summed E-state index contributed by atoms with van der Waals surface area (Å²) in [7, 11) is 0. The third-order valence-corrected chi connectivity index (χ3v) is 6.12. The fraction of sp³-hybridized carbons (Fsp3) is 0.192. The van der Waals surface area contributed by atoms with Crippen LogP contribution >= 0.6 is 11.8 Å². The summed E-state index contributed by atoms with van der Waals surface area (Å²) in [5, 5.41) is 16.2. The number of carbonyl (C=O) groups excluding carboxylic acids is 2. The van der Waals surface area contributed by atoms with Crippen molar-refractivity contribution in [2.24, 2.45) is 0 Å². The average molecular weight is 478 g/mol. The van der Waals surface area contributed by atoms with Gasteiger partial charge in [0.2, 0.25) is 5.91 Å². The summed E-state index contributed by atoms with van der Waals surface area (Å²) in [5.74, 6) is -2.46. The summed E-state index contributed by atoms with van der Waals surface area (Å²) < 4.78 is 20.0. The standard InChI is InChI=1S/C26H24FN3O3S/c1-4-13-33-26(32)23-17(3)29-25(20(14-28)24(23)19-7-5-6-8-21(19)27)34-15-22(31)30-18-11-9-16(2)10-12-18/h4-12,24,29H,1,13,15H2,2-3H3,(H,30,31)/t24-/m1/s1. The SMILES string of the molecule is C=CCOC(=O)C1=C(C)NC(SCC(=O)Nc2ccc(C)cc2)=C(C#N)[C@H]1c1ccccc1F. The van der Waals surface area contributed by atoms with E-state index < -0.39 is 17.7 Å². The maximum Gasteiger partial charge on any atom is 0.337 e. The molecule has 3 rings (SSSR count). The lowest BCUT2D eigenvalue weighted by molar-refractivity contribution is -0.138. The summed E-state index contributed by atoms with van der Waals surface area (Å²) in [6.07, 6.45) is 1.43. The number of carbonyl (C=O) groups is 2. The lowest BCUT2D eigenvalue weighted by atomic mass is 9.82. The predicted octanol–water partition coefficient (Wildman–Crippen LogP) is 4.93. The van der Waals surface area contributed by atoms with Gasteiger partial charge in [-0.2, -0.15) is 5.26 Å². The molecule has 1 aliphatic rings. The van der Waals surface area contributed by atoms with E-state index in [4.69, 9.17) is 4.74 Å². The fourth-order valence-corrected chi connectivity index (χ4v) is 4.39. The van der Waals surface area contributed by atoms with E-state index in [0.29, 0.717) is 16.4 Å². The molecule has 2 N–H and O–H groups in total. The van der Waals surface area contributed by atoms with Crippen molar-refractivity contribution in [3.8, 4) is 6.07 Å². The molecule has 0 bridgehead atoms. The van der Waals surface area contributed by atoms with Gasteiger partial charge < -0.3 is 15.4 Å². The van der Waals surface area contributed by atoms with Gasteiger partial charge in [-0.3, -0.25) is 4.79 Å². The highest BCUT2D eigenvalue weighted by Gasteiger charge is 2.37. The number of amides is 1. The molecule has 0 radical (unpaired) electrons. The largest absolute Gasteiger partial charge is 0.458 e. The van der Waals surface area contributed by atoms with Crippen LogP contribution in [0.2, 0.25) is 0 Å². The van der Waals surface area contributed by atoms with Crippen molar-refractivity contribution in [1.29, 1.82) is 5.26 Å². The van der Waals surface area contributed by atoms with Crippen LogP contribution < -0.4 is 10.6 Å². The van der Waals surface area contributed by atoms with Crippen LogP contribution in [-0.4, -0.2) is 24.2 Å². The van der Waals surface area contributed by atoms with Crippen LogP contribution in [0.1, 0.15) is 24.0 Å². The Morgan fingerprint density at radius 1 is 1.24 bits per heavy atom. The smallest absolute Gasteiger partial charge is 0.337 e. The maximum atomic E-state index is 14.8. The number of ether oxygens (including phenoxy) is 1. The van der Waals surface area contributed by atoms with Gasteiger partial charge in [0.05, 0.1) is 33.9 Å². The van der Waals surface area contributed by atoms with E-state index in [9.17, 15) is 19.2 Å². The van der Waals surface area contributed by atoms with Gasteiger partial charge in [0.25, 0.3) is 0 Å². The highest BCUT2D eigenvalue weighted by molar-refractivity contribution is 8.03. The number of benzene rings is 2. The van der Waals surface area contributed by atoms with E-state index in [1.165, 1.54) is 24.3 Å². The molecule has 2 aromatic rings. The molecule has 0 saturated carbocycles. The molecule has 0 aliphatic carbocycles. The Morgan fingerprint density at radius 2 is 1.94 bits per heavy atom. The third kappa shape index (κ3) is 5.74. The Balaban J connectivity index is 1.91. The van der Waals surface area contributed by atoms with Gasteiger partial charge in [0.1, 0.15) is 12.4 Å². The molecule has 0 fully saturated rings. The number of hydrogen-bond acceptors (Lipinski definition) is 6. The first-order valence-corrected chi connectivity index (χ1v) is 11.5. The van der Waals surface area contributed by atoms with Gasteiger partial charge in [-0.15, -0.1) is 0 Å². The van der Waals surface area contributed by atoms with Crippen LogP contribution in [0.25, 0.3) is 0 Å².